The van der Waals surface area contributed by atoms with Gasteiger partial charge in [-0.2, -0.15) is 0 Å². The summed E-state index contributed by atoms with van der Waals surface area (Å²) in [5.41, 5.74) is 0.384. The summed E-state index contributed by atoms with van der Waals surface area (Å²) in [6.07, 6.45) is 5.21. The van der Waals surface area contributed by atoms with Gasteiger partial charge in [-0.3, -0.25) is 9.59 Å². The molecule has 0 saturated heterocycles. The number of amides is 2. The molecule has 0 unspecified atom stereocenters. The number of hydrogen-bond acceptors (Lipinski definition) is 2. The molecule has 1 aliphatic carbocycles. The number of para-hydroxylation sites is 1. The smallest absolute Gasteiger partial charge is 0.244 e. The van der Waals surface area contributed by atoms with Gasteiger partial charge in [0.2, 0.25) is 11.8 Å². The van der Waals surface area contributed by atoms with Crippen molar-refractivity contribution in [2.45, 2.75) is 32.1 Å². The van der Waals surface area contributed by atoms with Crippen LogP contribution in [0, 0.1) is 5.92 Å². The molecule has 0 aromatic heterocycles. The third kappa shape index (κ3) is 4.37. The maximum atomic E-state index is 12.3. The molecule has 0 aliphatic heterocycles. The zero-order valence-electron chi connectivity index (χ0n) is 12.6. The van der Waals surface area contributed by atoms with Crippen LogP contribution >= 0.6 is 23.2 Å². The van der Waals surface area contributed by atoms with Crippen molar-refractivity contribution in [3.05, 3.63) is 28.2 Å². The summed E-state index contributed by atoms with van der Waals surface area (Å²) < 4.78 is 0. The summed E-state index contributed by atoms with van der Waals surface area (Å²) in [5.74, 6) is -0.211. The van der Waals surface area contributed by atoms with Crippen LogP contribution in [0.25, 0.3) is 0 Å². The lowest BCUT2D eigenvalue weighted by atomic mass is 9.88. The number of nitrogens with zero attached hydrogens (tertiary/aromatic N) is 1. The molecular formula is C16H20Cl2N2O2. The molecule has 0 radical (unpaired) electrons. The molecule has 2 amide bonds. The summed E-state index contributed by atoms with van der Waals surface area (Å²) in [4.78, 5) is 25.9. The third-order valence-electron chi connectivity index (χ3n) is 3.94. The number of halogens is 2. The molecule has 1 fully saturated rings. The molecule has 0 atom stereocenters. The van der Waals surface area contributed by atoms with E-state index in [1.807, 2.05) is 0 Å². The molecule has 1 aromatic carbocycles. The average Bonchev–Trinajstić information content (AvgIpc) is 2.51. The molecule has 2 rings (SSSR count). The van der Waals surface area contributed by atoms with Crippen LogP contribution in [0.5, 0.6) is 0 Å². The fraction of sp³-hybridized carbons (Fsp3) is 0.500. The Bertz CT molecular complexity index is 537. The Kier molecular flexibility index (Phi) is 6.09. The highest BCUT2D eigenvalue weighted by Gasteiger charge is 2.25. The van der Waals surface area contributed by atoms with Crippen molar-refractivity contribution in [3.8, 4) is 0 Å². The normalized spacial score (nSPS) is 15.4. The van der Waals surface area contributed by atoms with E-state index in [-0.39, 0.29) is 24.3 Å². The maximum absolute atomic E-state index is 12.3. The number of rotatable bonds is 4. The van der Waals surface area contributed by atoms with E-state index in [1.54, 1.807) is 25.2 Å². The molecule has 6 heteroatoms. The maximum Gasteiger partial charge on any atom is 0.244 e. The number of likely N-dealkylation sites (N-methyl/N-ethyl adjacent to an activating group) is 1. The molecule has 4 nitrogen and oxygen atoms in total. The van der Waals surface area contributed by atoms with Crippen molar-refractivity contribution in [1.82, 2.24) is 4.90 Å². The highest BCUT2D eigenvalue weighted by Crippen LogP contribution is 2.30. The first-order valence-electron chi connectivity index (χ1n) is 7.48. The van der Waals surface area contributed by atoms with E-state index in [0.29, 0.717) is 15.7 Å². The predicted molar refractivity (Wildman–Crippen MR) is 89.3 cm³/mol. The summed E-state index contributed by atoms with van der Waals surface area (Å²) in [6, 6.07) is 5.01. The van der Waals surface area contributed by atoms with Gasteiger partial charge in [0.25, 0.3) is 0 Å². The SMILES string of the molecule is CN(CC(=O)Nc1c(Cl)cccc1Cl)C(=O)C1CCCCC1. The van der Waals surface area contributed by atoms with Gasteiger partial charge in [0, 0.05) is 13.0 Å². The summed E-state index contributed by atoms with van der Waals surface area (Å²) in [5, 5.41) is 3.42. The Labute approximate surface area is 140 Å². The summed E-state index contributed by atoms with van der Waals surface area (Å²) in [6.45, 7) is -0.00309. The second-order valence-electron chi connectivity index (χ2n) is 5.67. The Balaban J connectivity index is 1.92. The number of carbonyl (C=O) groups is 2. The molecule has 1 N–H and O–H groups in total. The van der Waals surface area contributed by atoms with Gasteiger partial charge in [-0.05, 0) is 25.0 Å². The van der Waals surface area contributed by atoms with Crippen molar-refractivity contribution >= 4 is 40.7 Å². The van der Waals surface area contributed by atoms with Gasteiger partial charge < -0.3 is 10.2 Å². The zero-order chi connectivity index (χ0) is 16.1. The van der Waals surface area contributed by atoms with Gasteiger partial charge in [-0.15, -0.1) is 0 Å². The lowest BCUT2D eigenvalue weighted by Crippen LogP contribution is -2.39. The van der Waals surface area contributed by atoms with Gasteiger partial charge in [0.15, 0.2) is 0 Å². The van der Waals surface area contributed by atoms with Crippen LogP contribution < -0.4 is 5.32 Å². The number of anilines is 1. The quantitative estimate of drug-likeness (QED) is 0.899. The van der Waals surface area contributed by atoms with Gasteiger partial charge in [0.1, 0.15) is 0 Å². The number of hydrogen-bond donors (Lipinski definition) is 1. The fourth-order valence-electron chi connectivity index (χ4n) is 2.75. The average molecular weight is 343 g/mol. The molecule has 1 aliphatic rings. The van der Waals surface area contributed by atoms with E-state index >= 15 is 0 Å². The molecule has 1 aromatic rings. The van der Waals surface area contributed by atoms with Crippen LogP contribution in [-0.2, 0) is 9.59 Å². The van der Waals surface area contributed by atoms with Crippen LogP contribution in [0.15, 0.2) is 18.2 Å². The van der Waals surface area contributed by atoms with Crippen LogP contribution in [0.1, 0.15) is 32.1 Å². The van der Waals surface area contributed by atoms with Crippen molar-refractivity contribution < 1.29 is 9.59 Å². The summed E-state index contributed by atoms with van der Waals surface area (Å²) >= 11 is 12.0. The number of benzene rings is 1. The molecule has 0 spiro atoms. The standard InChI is InChI=1S/C16H20Cl2N2O2/c1-20(16(22)11-6-3-2-4-7-11)10-14(21)19-15-12(17)8-5-9-13(15)18/h5,8-9,11H,2-4,6-7,10H2,1H3,(H,19,21). The van der Waals surface area contributed by atoms with Crippen LogP contribution in [0.4, 0.5) is 5.69 Å². The van der Waals surface area contributed by atoms with E-state index < -0.39 is 0 Å². The monoisotopic (exact) mass is 342 g/mol. The molecule has 22 heavy (non-hydrogen) atoms. The summed E-state index contributed by atoms with van der Waals surface area (Å²) in [7, 11) is 1.66. The van der Waals surface area contributed by atoms with E-state index in [2.05, 4.69) is 5.32 Å². The van der Waals surface area contributed by atoms with Crippen molar-refractivity contribution in [2.24, 2.45) is 5.92 Å². The number of nitrogens with one attached hydrogen (secondary N) is 1. The first-order valence-corrected chi connectivity index (χ1v) is 8.23. The second kappa shape index (κ2) is 7.84. The van der Waals surface area contributed by atoms with E-state index in [9.17, 15) is 9.59 Å². The first-order chi connectivity index (χ1) is 10.5. The van der Waals surface area contributed by atoms with E-state index in [0.717, 1.165) is 25.7 Å². The Hall–Kier alpha value is -1.26. The van der Waals surface area contributed by atoms with E-state index in [1.165, 1.54) is 11.3 Å². The third-order valence-corrected chi connectivity index (χ3v) is 4.57. The van der Waals surface area contributed by atoms with E-state index in [4.69, 9.17) is 23.2 Å². The molecule has 120 valence electrons. The van der Waals surface area contributed by atoms with Gasteiger partial charge in [0.05, 0.1) is 22.3 Å². The highest BCUT2D eigenvalue weighted by molar-refractivity contribution is 6.39. The van der Waals surface area contributed by atoms with Crippen molar-refractivity contribution in [1.29, 1.82) is 0 Å². The lowest BCUT2D eigenvalue weighted by molar-refractivity contribution is -0.137. The molecule has 0 heterocycles. The number of carbonyl (C=O) groups excluding carboxylic acids is 2. The van der Waals surface area contributed by atoms with Gasteiger partial charge in [-0.25, -0.2) is 0 Å². The molecule has 1 saturated carbocycles. The van der Waals surface area contributed by atoms with Gasteiger partial charge in [-0.1, -0.05) is 48.5 Å². The minimum absolute atomic E-state index is 0.00309. The minimum atomic E-state index is -0.304. The largest absolute Gasteiger partial charge is 0.336 e. The zero-order valence-corrected chi connectivity index (χ0v) is 14.1. The first kappa shape index (κ1) is 17.1. The fourth-order valence-corrected chi connectivity index (χ4v) is 3.24. The van der Waals surface area contributed by atoms with Crippen molar-refractivity contribution in [3.63, 3.8) is 0 Å². The molecule has 0 bridgehead atoms. The Morgan fingerprint density at radius 1 is 1.18 bits per heavy atom. The van der Waals surface area contributed by atoms with Crippen LogP contribution in [0.3, 0.4) is 0 Å². The lowest BCUT2D eigenvalue weighted by Gasteiger charge is -2.26. The van der Waals surface area contributed by atoms with Crippen LogP contribution in [0.2, 0.25) is 10.0 Å². The Morgan fingerprint density at radius 2 is 1.77 bits per heavy atom. The van der Waals surface area contributed by atoms with Gasteiger partial charge >= 0.3 is 0 Å². The topological polar surface area (TPSA) is 49.4 Å². The minimum Gasteiger partial charge on any atom is -0.336 e. The predicted octanol–water partition coefficient (Wildman–Crippen LogP) is 3.97. The second-order valence-corrected chi connectivity index (χ2v) is 6.49. The Morgan fingerprint density at radius 3 is 2.36 bits per heavy atom. The highest BCUT2D eigenvalue weighted by atomic mass is 35.5. The molecular weight excluding hydrogens is 323 g/mol. The van der Waals surface area contributed by atoms with Crippen molar-refractivity contribution in [2.75, 3.05) is 18.9 Å². The van der Waals surface area contributed by atoms with Crippen LogP contribution in [-0.4, -0.2) is 30.3 Å².